The topological polar surface area (TPSA) is 23.6 Å². The minimum absolute atomic E-state index is 0.0792. The van der Waals surface area contributed by atoms with Crippen molar-refractivity contribution >= 4 is 39.9 Å². The number of benzene rings is 2. The molecular formula is C16H15IN2O. The van der Waals surface area contributed by atoms with Crippen LogP contribution < -0.4 is 9.80 Å². The Labute approximate surface area is 132 Å². The monoisotopic (exact) mass is 378 g/mol. The van der Waals surface area contributed by atoms with Crippen LogP contribution in [0.4, 0.5) is 11.4 Å². The van der Waals surface area contributed by atoms with Crippen molar-refractivity contribution in [1.29, 1.82) is 0 Å². The molecule has 2 aromatic rings. The summed E-state index contributed by atoms with van der Waals surface area (Å²) in [5, 5.41) is 0. The fraction of sp³-hybridized carbons (Fsp3) is 0.188. The molecule has 20 heavy (non-hydrogen) atoms. The molecule has 0 saturated heterocycles. The number of para-hydroxylation sites is 2. The van der Waals surface area contributed by atoms with E-state index in [1.54, 1.807) is 0 Å². The molecule has 1 aliphatic rings. The summed E-state index contributed by atoms with van der Waals surface area (Å²) in [7, 11) is 2.06. The largest absolute Gasteiger partial charge is 0.371 e. The summed E-state index contributed by atoms with van der Waals surface area (Å²) in [6, 6.07) is 15.8. The Morgan fingerprint density at radius 1 is 1.00 bits per heavy atom. The van der Waals surface area contributed by atoms with Crippen molar-refractivity contribution in [3.05, 3.63) is 57.7 Å². The molecule has 1 amide bonds. The van der Waals surface area contributed by atoms with E-state index in [9.17, 15) is 4.79 Å². The van der Waals surface area contributed by atoms with Crippen molar-refractivity contribution in [1.82, 2.24) is 0 Å². The normalized spacial score (nSPS) is 14.1. The van der Waals surface area contributed by atoms with Crippen molar-refractivity contribution in [3.8, 4) is 0 Å². The number of hydrogen-bond donors (Lipinski definition) is 0. The molecule has 0 atom stereocenters. The van der Waals surface area contributed by atoms with Gasteiger partial charge in [0.05, 0.1) is 16.9 Å². The van der Waals surface area contributed by atoms with Crippen LogP contribution in [0.2, 0.25) is 0 Å². The van der Waals surface area contributed by atoms with Crippen LogP contribution in [0, 0.1) is 3.57 Å². The van der Waals surface area contributed by atoms with Gasteiger partial charge in [-0.1, -0.05) is 24.3 Å². The molecule has 1 aliphatic heterocycles. The molecule has 4 heteroatoms. The zero-order valence-electron chi connectivity index (χ0n) is 11.2. The van der Waals surface area contributed by atoms with Gasteiger partial charge in [0.25, 0.3) is 5.91 Å². The van der Waals surface area contributed by atoms with Crippen LogP contribution in [0.3, 0.4) is 0 Å². The van der Waals surface area contributed by atoms with E-state index in [2.05, 4.69) is 40.6 Å². The molecule has 3 rings (SSSR count). The average Bonchev–Trinajstić information content (AvgIpc) is 2.48. The first-order valence-electron chi connectivity index (χ1n) is 6.55. The molecule has 0 N–H and O–H groups in total. The number of anilines is 2. The third kappa shape index (κ3) is 2.28. The molecule has 0 aliphatic carbocycles. The molecule has 0 spiro atoms. The fourth-order valence-corrected chi connectivity index (χ4v) is 3.12. The lowest BCUT2D eigenvalue weighted by molar-refractivity contribution is 0.0986. The van der Waals surface area contributed by atoms with Gasteiger partial charge < -0.3 is 9.80 Å². The standard InChI is InChI=1S/C16H15IN2O/c1-18-10-11-19(15-9-5-4-8-14(15)18)16(20)12-6-2-3-7-13(12)17/h2-9H,10-11H2,1H3. The minimum Gasteiger partial charge on any atom is -0.371 e. The van der Waals surface area contributed by atoms with Gasteiger partial charge in [-0.05, 0) is 46.9 Å². The second-order valence-corrected chi connectivity index (χ2v) is 6.01. The van der Waals surface area contributed by atoms with Gasteiger partial charge in [0.2, 0.25) is 0 Å². The zero-order chi connectivity index (χ0) is 14.1. The number of carbonyl (C=O) groups is 1. The molecule has 3 nitrogen and oxygen atoms in total. The summed E-state index contributed by atoms with van der Waals surface area (Å²) in [5.74, 6) is 0.0792. The Balaban J connectivity index is 2.02. The number of likely N-dealkylation sites (N-methyl/N-ethyl adjacent to an activating group) is 1. The maximum Gasteiger partial charge on any atom is 0.259 e. The minimum atomic E-state index is 0.0792. The highest BCUT2D eigenvalue weighted by molar-refractivity contribution is 14.1. The predicted molar refractivity (Wildman–Crippen MR) is 90.5 cm³/mol. The number of amides is 1. The number of rotatable bonds is 1. The van der Waals surface area contributed by atoms with Crippen LogP contribution in [0.5, 0.6) is 0 Å². The Morgan fingerprint density at radius 2 is 1.65 bits per heavy atom. The lowest BCUT2D eigenvalue weighted by Crippen LogP contribution is -2.42. The molecule has 102 valence electrons. The Bertz CT molecular complexity index is 656. The molecule has 2 aromatic carbocycles. The van der Waals surface area contributed by atoms with E-state index < -0.39 is 0 Å². The van der Waals surface area contributed by atoms with E-state index in [-0.39, 0.29) is 5.91 Å². The van der Waals surface area contributed by atoms with Gasteiger partial charge in [-0.25, -0.2) is 0 Å². The summed E-state index contributed by atoms with van der Waals surface area (Å²) in [6.07, 6.45) is 0. The van der Waals surface area contributed by atoms with E-state index >= 15 is 0 Å². The third-order valence-corrected chi connectivity index (χ3v) is 4.53. The Hall–Kier alpha value is -1.56. The second-order valence-electron chi connectivity index (χ2n) is 4.85. The zero-order valence-corrected chi connectivity index (χ0v) is 13.4. The molecule has 0 saturated carbocycles. The van der Waals surface area contributed by atoms with Crippen molar-refractivity contribution in [2.45, 2.75) is 0 Å². The van der Waals surface area contributed by atoms with E-state index in [4.69, 9.17) is 0 Å². The molecule has 0 fully saturated rings. The van der Waals surface area contributed by atoms with Crippen molar-refractivity contribution in [2.75, 3.05) is 29.9 Å². The number of hydrogen-bond acceptors (Lipinski definition) is 2. The summed E-state index contributed by atoms with van der Waals surface area (Å²) >= 11 is 2.22. The SMILES string of the molecule is CN1CCN(C(=O)c2ccccc2I)c2ccccc21. The van der Waals surface area contributed by atoms with E-state index in [1.807, 2.05) is 47.4 Å². The molecule has 0 aromatic heterocycles. The van der Waals surface area contributed by atoms with Crippen LogP contribution in [-0.2, 0) is 0 Å². The van der Waals surface area contributed by atoms with Gasteiger partial charge in [0.1, 0.15) is 0 Å². The van der Waals surface area contributed by atoms with Gasteiger partial charge >= 0.3 is 0 Å². The fourth-order valence-electron chi connectivity index (χ4n) is 2.50. The number of nitrogens with zero attached hydrogens (tertiary/aromatic N) is 2. The maximum absolute atomic E-state index is 12.8. The second kappa shape index (κ2) is 5.44. The quantitative estimate of drug-likeness (QED) is 0.711. The van der Waals surface area contributed by atoms with Crippen molar-refractivity contribution in [2.24, 2.45) is 0 Å². The van der Waals surface area contributed by atoms with Crippen LogP contribution in [0.1, 0.15) is 10.4 Å². The first kappa shape index (κ1) is 13.4. The maximum atomic E-state index is 12.8. The van der Waals surface area contributed by atoms with Gasteiger partial charge in [-0.3, -0.25) is 4.79 Å². The summed E-state index contributed by atoms with van der Waals surface area (Å²) in [4.78, 5) is 16.9. The highest BCUT2D eigenvalue weighted by Gasteiger charge is 2.26. The molecule has 0 radical (unpaired) electrons. The first-order valence-corrected chi connectivity index (χ1v) is 7.63. The summed E-state index contributed by atoms with van der Waals surface area (Å²) < 4.78 is 0.992. The van der Waals surface area contributed by atoms with Crippen LogP contribution >= 0.6 is 22.6 Å². The number of halogens is 1. The lowest BCUT2D eigenvalue weighted by atomic mass is 10.1. The lowest BCUT2D eigenvalue weighted by Gasteiger charge is -2.35. The van der Waals surface area contributed by atoms with Crippen LogP contribution in [-0.4, -0.2) is 26.0 Å². The van der Waals surface area contributed by atoms with E-state index in [0.29, 0.717) is 0 Å². The van der Waals surface area contributed by atoms with E-state index in [0.717, 1.165) is 33.6 Å². The van der Waals surface area contributed by atoms with Gasteiger partial charge in [0, 0.05) is 23.7 Å². The predicted octanol–water partition coefficient (Wildman–Crippen LogP) is 3.39. The molecule has 0 unspecified atom stereocenters. The molecule has 0 bridgehead atoms. The van der Waals surface area contributed by atoms with Gasteiger partial charge in [-0.15, -0.1) is 0 Å². The van der Waals surface area contributed by atoms with Crippen molar-refractivity contribution in [3.63, 3.8) is 0 Å². The van der Waals surface area contributed by atoms with Gasteiger partial charge in [-0.2, -0.15) is 0 Å². The van der Waals surface area contributed by atoms with Crippen molar-refractivity contribution < 1.29 is 4.79 Å². The molecular weight excluding hydrogens is 363 g/mol. The molecule has 1 heterocycles. The third-order valence-electron chi connectivity index (χ3n) is 3.59. The number of carbonyl (C=O) groups excluding carboxylic acids is 1. The Morgan fingerprint density at radius 3 is 2.40 bits per heavy atom. The average molecular weight is 378 g/mol. The smallest absolute Gasteiger partial charge is 0.259 e. The van der Waals surface area contributed by atoms with E-state index in [1.165, 1.54) is 0 Å². The van der Waals surface area contributed by atoms with Crippen LogP contribution in [0.15, 0.2) is 48.5 Å². The van der Waals surface area contributed by atoms with Crippen LogP contribution in [0.25, 0.3) is 0 Å². The summed E-state index contributed by atoms with van der Waals surface area (Å²) in [6.45, 7) is 1.57. The first-order chi connectivity index (χ1) is 9.68. The van der Waals surface area contributed by atoms with Gasteiger partial charge in [0.15, 0.2) is 0 Å². The highest BCUT2D eigenvalue weighted by atomic mass is 127. The Kier molecular flexibility index (Phi) is 3.65. The number of fused-ring (bicyclic) bond motifs is 1. The summed E-state index contributed by atoms with van der Waals surface area (Å²) in [5.41, 5.74) is 2.87. The highest BCUT2D eigenvalue weighted by Crippen LogP contribution is 2.33.